The molecule has 0 aromatic carbocycles. The molecule has 2 rings (SSSR count). The molecular formula is C21H38N4O5. The molecule has 0 atom stereocenters. The molecule has 0 unspecified atom stereocenters. The Labute approximate surface area is 180 Å². The van der Waals surface area contributed by atoms with Crippen LogP contribution in [0.4, 0.5) is 14.4 Å². The Morgan fingerprint density at radius 2 is 1.63 bits per heavy atom. The molecule has 9 heteroatoms. The minimum atomic E-state index is -0.653. The fourth-order valence-electron chi connectivity index (χ4n) is 4.08. The predicted molar refractivity (Wildman–Crippen MR) is 113 cm³/mol. The summed E-state index contributed by atoms with van der Waals surface area (Å²) in [5.74, 6) is 0.171. The maximum atomic E-state index is 13.2. The molecule has 1 saturated carbocycles. The highest BCUT2D eigenvalue weighted by atomic mass is 16.6. The van der Waals surface area contributed by atoms with Gasteiger partial charge in [-0.05, 0) is 52.4 Å². The second-order valence-corrected chi connectivity index (χ2v) is 9.31. The number of urea groups is 1. The van der Waals surface area contributed by atoms with E-state index < -0.39 is 11.7 Å². The number of nitrogens with one attached hydrogen (secondary N) is 1. The Morgan fingerprint density at radius 3 is 2.17 bits per heavy atom. The van der Waals surface area contributed by atoms with Crippen LogP contribution < -0.4 is 5.43 Å². The fraction of sp³-hybridized carbons (Fsp3) is 0.857. The predicted octanol–water partition coefficient (Wildman–Crippen LogP) is 3.59. The van der Waals surface area contributed by atoms with Crippen LogP contribution in [0.15, 0.2) is 0 Å². The quantitative estimate of drug-likeness (QED) is 0.697. The van der Waals surface area contributed by atoms with E-state index in [4.69, 9.17) is 9.47 Å². The number of methoxy groups -OCH3 is 1. The summed E-state index contributed by atoms with van der Waals surface area (Å²) in [5, 5.41) is 1.39. The van der Waals surface area contributed by atoms with Crippen molar-refractivity contribution in [1.29, 1.82) is 0 Å². The van der Waals surface area contributed by atoms with E-state index in [-0.39, 0.29) is 24.1 Å². The Hall–Kier alpha value is -2.19. The molecule has 172 valence electrons. The maximum absolute atomic E-state index is 13.2. The first kappa shape index (κ1) is 24.1. The van der Waals surface area contributed by atoms with Crippen molar-refractivity contribution in [3.8, 4) is 0 Å². The SMILES string of the molecule is COC(=O)N1CCC(CN(NC(=O)OC(C)(C)C)C(=O)N(C)C2CCCCC2)CC1. The molecular weight excluding hydrogens is 388 g/mol. The number of likely N-dealkylation sites (tertiary alicyclic amines) is 1. The first-order chi connectivity index (χ1) is 14.1. The molecule has 0 radical (unpaired) electrons. The second-order valence-electron chi connectivity index (χ2n) is 9.31. The minimum Gasteiger partial charge on any atom is -0.453 e. The topological polar surface area (TPSA) is 91.4 Å². The zero-order chi connectivity index (χ0) is 22.3. The van der Waals surface area contributed by atoms with Gasteiger partial charge in [0.15, 0.2) is 0 Å². The van der Waals surface area contributed by atoms with E-state index in [2.05, 4.69) is 5.43 Å². The number of rotatable bonds is 3. The van der Waals surface area contributed by atoms with Gasteiger partial charge in [0.05, 0.1) is 7.11 Å². The molecule has 0 aromatic rings. The van der Waals surface area contributed by atoms with Gasteiger partial charge in [-0.3, -0.25) is 0 Å². The molecule has 2 fully saturated rings. The van der Waals surface area contributed by atoms with Crippen molar-refractivity contribution in [3.05, 3.63) is 0 Å². The summed E-state index contributed by atoms with van der Waals surface area (Å²) >= 11 is 0. The van der Waals surface area contributed by atoms with Gasteiger partial charge < -0.3 is 19.3 Å². The molecule has 9 nitrogen and oxygen atoms in total. The third-order valence-electron chi connectivity index (χ3n) is 5.77. The summed E-state index contributed by atoms with van der Waals surface area (Å²) in [7, 11) is 3.18. The van der Waals surface area contributed by atoms with Crippen LogP contribution in [0.3, 0.4) is 0 Å². The van der Waals surface area contributed by atoms with Gasteiger partial charge in [0.2, 0.25) is 0 Å². The van der Waals surface area contributed by atoms with E-state index in [9.17, 15) is 14.4 Å². The van der Waals surface area contributed by atoms with E-state index >= 15 is 0 Å². The summed E-state index contributed by atoms with van der Waals surface area (Å²) in [6.07, 6.45) is 5.92. The van der Waals surface area contributed by atoms with Crippen molar-refractivity contribution < 1.29 is 23.9 Å². The Bertz CT molecular complexity index is 593. The van der Waals surface area contributed by atoms with Gasteiger partial charge in [0.25, 0.3) is 0 Å². The van der Waals surface area contributed by atoms with Crippen LogP contribution in [0.25, 0.3) is 0 Å². The van der Waals surface area contributed by atoms with Crippen LogP contribution in [-0.2, 0) is 9.47 Å². The standard InChI is InChI=1S/C21H38N4O5/c1-21(2,3)30-18(26)22-25(19(27)23(4)17-9-7-6-8-10-17)15-16-11-13-24(14-12-16)20(28)29-5/h16-17H,6-15H2,1-5H3,(H,22,26). The van der Waals surface area contributed by atoms with Crippen molar-refractivity contribution >= 4 is 18.2 Å². The number of piperidine rings is 1. The third kappa shape index (κ3) is 7.25. The van der Waals surface area contributed by atoms with E-state index in [1.165, 1.54) is 18.5 Å². The largest absolute Gasteiger partial charge is 0.453 e. The highest BCUT2D eigenvalue weighted by molar-refractivity contribution is 5.78. The lowest BCUT2D eigenvalue weighted by molar-refractivity contribution is 0.0292. The number of hydrogen-bond acceptors (Lipinski definition) is 5. The molecule has 2 aliphatic rings. The van der Waals surface area contributed by atoms with Crippen LogP contribution in [-0.4, -0.2) is 78.5 Å². The number of ether oxygens (including phenoxy) is 2. The number of carbonyl (C=O) groups excluding carboxylic acids is 3. The van der Waals surface area contributed by atoms with E-state index in [1.807, 2.05) is 7.05 Å². The molecule has 4 amide bonds. The van der Waals surface area contributed by atoms with Crippen molar-refractivity contribution in [2.45, 2.75) is 77.4 Å². The zero-order valence-corrected chi connectivity index (χ0v) is 19.1. The number of nitrogens with zero attached hydrogens (tertiary/aromatic N) is 3. The third-order valence-corrected chi connectivity index (χ3v) is 5.77. The molecule has 1 aliphatic heterocycles. The Balaban J connectivity index is 2.02. The summed E-state index contributed by atoms with van der Waals surface area (Å²) in [4.78, 5) is 40.7. The van der Waals surface area contributed by atoms with Crippen molar-refractivity contribution in [1.82, 2.24) is 20.2 Å². The van der Waals surface area contributed by atoms with Crippen LogP contribution >= 0.6 is 0 Å². The lowest BCUT2D eigenvalue weighted by Gasteiger charge is -2.38. The van der Waals surface area contributed by atoms with Gasteiger partial charge in [-0.2, -0.15) is 0 Å². The summed E-state index contributed by atoms with van der Waals surface area (Å²) < 4.78 is 10.1. The summed E-state index contributed by atoms with van der Waals surface area (Å²) in [6.45, 7) is 6.89. The van der Waals surface area contributed by atoms with Gasteiger partial charge in [0.1, 0.15) is 5.60 Å². The number of amides is 4. The molecule has 30 heavy (non-hydrogen) atoms. The first-order valence-electron chi connectivity index (χ1n) is 11.0. The maximum Gasteiger partial charge on any atom is 0.426 e. The fourth-order valence-corrected chi connectivity index (χ4v) is 4.08. The van der Waals surface area contributed by atoms with E-state index in [0.717, 1.165) is 38.5 Å². The highest BCUT2D eigenvalue weighted by Crippen LogP contribution is 2.24. The van der Waals surface area contributed by atoms with Crippen molar-refractivity contribution in [2.75, 3.05) is 33.8 Å². The molecule has 0 spiro atoms. The first-order valence-corrected chi connectivity index (χ1v) is 11.0. The average molecular weight is 427 g/mol. The minimum absolute atomic E-state index is 0.171. The van der Waals surface area contributed by atoms with Gasteiger partial charge in [-0.25, -0.2) is 24.8 Å². The monoisotopic (exact) mass is 426 g/mol. The normalized spacial score (nSPS) is 18.5. The molecule has 0 aromatic heterocycles. The summed E-state index contributed by atoms with van der Waals surface area (Å²) in [6, 6.07) is -0.0292. The lowest BCUT2D eigenvalue weighted by atomic mass is 9.94. The summed E-state index contributed by atoms with van der Waals surface area (Å²) in [5.41, 5.74) is 2.01. The Morgan fingerprint density at radius 1 is 1.03 bits per heavy atom. The van der Waals surface area contributed by atoms with Crippen LogP contribution in [0, 0.1) is 5.92 Å². The average Bonchev–Trinajstić information content (AvgIpc) is 2.71. The lowest BCUT2D eigenvalue weighted by Crippen LogP contribution is -2.56. The van der Waals surface area contributed by atoms with Crippen LogP contribution in [0.1, 0.15) is 65.7 Å². The molecule has 1 saturated heterocycles. The zero-order valence-electron chi connectivity index (χ0n) is 19.1. The Kier molecular flexibility index (Phi) is 8.61. The van der Waals surface area contributed by atoms with E-state index in [1.54, 1.807) is 30.6 Å². The second kappa shape index (κ2) is 10.7. The highest BCUT2D eigenvalue weighted by Gasteiger charge is 2.31. The number of carbonyl (C=O) groups is 3. The van der Waals surface area contributed by atoms with Gasteiger partial charge >= 0.3 is 18.2 Å². The molecule has 0 bridgehead atoms. The van der Waals surface area contributed by atoms with Crippen molar-refractivity contribution in [2.24, 2.45) is 5.92 Å². The van der Waals surface area contributed by atoms with Crippen LogP contribution in [0.2, 0.25) is 0 Å². The van der Waals surface area contributed by atoms with Gasteiger partial charge in [-0.1, -0.05) is 19.3 Å². The number of hydrazine groups is 1. The smallest absolute Gasteiger partial charge is 0.426 e. The van der Waals surface area contributed by atoms with Gasteiger partial charge in [-0.15, -0.1) is 0 Å². The number of hydrogen-bond donors (Lipinski definition) is 1. The van der Waals surface area contributed by atoms with Crippen LogP contribution in [0.5, 0.6) is 0 Å². The molecule has 1 N–H and O–H groups in total. The van der Waals surface area contributed by atoms with Crippen molar-refractivity contribution in [3.63, 3.8) is 0 Å². The molecule has 1 heterocycles. The van der Waals surface area contributed by atoms with Gasteiger partial charge in [0, 0.05) is 32.7 Å². The van der Waals surface area contributed by atoms with E-state index in [0.29, 0.717) is 19.6 Å². The molecule has 1 aliphatic carbocycles.